The van der Waals surface area contributed by atoms with Gasteiger partial charge in [-0.15, -0.1) is 0 Å². The number of amides is 1. The van der Waals surface area contributed by atoms with Gasteiger partial charge in [0.2, 0.25) is 0 Å². The largest absolute Gasteiger partial charge is 0.467 e. The summed E-state index contributed by atoms with van der Waals surface area (Å²) in [7, 11) is 0. The average Bonchev–Trinajstić information content (AvgIpc) is 2.96. The Hall–Kier alpha value is -2.30. The Morgan fingerprint density at radius 3 is 3.05 bits per heavy atom. The molecular weight excluding hydrogens is 242 g/mol. The molecule has 0 saturated carbocycles. The maximum atomic E-state index is 12.0. The Bertz CT molecular complexity index is 523. The molecule has 2 N–H and O–H groups in total. The Kier molecular flexibility index (Phi) is 4.55. The quantitative estimate of drug-likeness (QED) is 0.836. The van der Waals surface area contributed by atoms with Crippen molar-refractivity contribution in [2.24, 2.45) is 0 Å². The van der Waals surface area contributed by atoms with Crippen LogP contribution in [-0.2, 0) is 6.54 Å². The van der Waals surface area contributed by atoms with E-state index in [1.54, 1.807) is 30.7 Å². The van der Waals surface area contributed by atoms with Crippen molar-refractivity contribution in [3.63, 3.8) is 0 Å². The number of furan rings is 1. The zero-order valence-electron chi connectivity index (χ0n) is 10.8. The number of rotatable bonds is 6. The van der Waals surface area contributed by atoms with Gasteiger partial charge < -0.3 is 15.1 Å². The fourth-order valence-corrected chi connectivity index (χ4v) is 1.60. The molecule has 2 aromatic heterocycles. The first-order chi connectivity index (χ1) is 9.29. The summed E-state index contributed by atoms with van der Waals surface area (Å²) in [5.41, 5.74) is 0.583. The molecule has 0 aliphatic heterocycles. The highest BCUT2D eigenvalue weighted by Crippen LogP contribution is 2.07. The topological polar surface area (TPSA) is 67.2 Å². The number of carbonyl (C=O) groups excluding carboxylic acids is 1. The van der Waals surface area contributed by atoms with E-state index in [0.29, 0.717) is 17.9 Å². The molecule has 0 spiro atoms. The molecule has 0 saturated heterocycles. The Balaban J connectivity index is 1.94. The van der Waals surface area contributed by atoms with E-state index >= 15 is 0 Å². The highest BCUT2D eigenvalue weighted by molar-refractivity contribution is 5.94. The van der Waals surface area contributed by atoms with Gasteiger partial charge in [-0.3, -0.25) is 4.79 Å². The minimum absolute atomic E-state index is 0.140. The molecule has 5 heteroatoms. The molecule has 0 aliphatic carbocycles. The average molecular weight is 259 g/mol. The number of hydrogen-bond acceptors (Lipinski definition) is 4. The minimum Gasteiger partial charge on any atom is -0.467 e. The van der Waals surface area contributed by atoms with E-state index in [-0.39, 0.29) is 5.91 Å². The van der Waals surface area contributed by atoms with Crippen molar-refractivity contribution in [3.05, 3.63) is 48.0 Å². The lowest BCUT2D eigenvalue weighted by Crippen LogP contribution is -2.22. The smallest absolute Gasteiger partial charge is 0.251 e. The summed E-state index contributed by atoms with van der Waals surface area (Å²) >= 11 is 0. The third kappa shape index (κ3) is 3.84. The van der Waals surface area contributed by atoms with Gasteiger partial charge in [-0.25, -0.2) is 4.98 Å². The van der Waals surface area contributed by atoms with Crippen molar-refractivity contribution in [1.82, 2.24) is 10.3 Å². The van der Waals surface area contributed by atoms with Gasteiger partial charge >= 0.3 is 0 Å². The maximum Gasteiger partial charge on any atom is 0.251 e. The highest BCUT2D eigenvalue weighted by Gasteiger charge is 2.07. The summed E-state index contributed by atoms with van der Waals surface area (Å²) in [6.45, 7) is 3.29. The number of hydrogen-bond donors (Lipinski definition) is 2. The van der Waals surface area contributed by atoms with Crippen LogP contribution in [0.2, 0.25) is 0 Å². The fourth-order valence-electron chi connectivity index (χ4n) is 1.60. The van der Waals surface area contributed by atoms with Crippen LogP contribution in [0.15, 0.2) is 41.1 Å². The zero-order chi connectivity index (χ0) is 13.5. The van der Waals surface area contributed by atoms with Gasteiger partial charge in [-0.05, 0) is 30.7 Å². The van der Waals surface area contributed by atoms with E-state index < -0.39 is 0 Å². The lowest BCUT2D eigenvalue weighted by atomic mass is 10.2. The van der Waals surface area contributed by atoms with Gasteiger partial charge in [0.05, 0.1) is 12.8 Å². The molecule has 2 aromatic rings. The van der Waals surface area contributed by atoms with Crippen LogP contribution >= 0.6 is 0 Å². The van der Waals surface area contributed by atoms with Crippen LogP contribution in [0.3, 0.4) is 0 Å². The second-order valence-electron chi connectivity index (χ2n) is 4.12. The minimum atomic E-state index is -0.140. The van der Waals surface area contributed by atoms with Crippen molar-refractivity contribution < 1.29 is 9.21 Å². The van der Waals surface area contributed by atoms with Gasteiger partial charge in [-0.2, -0.15) is 0 Å². The number of pyridine rings is 1. The van der Waals surface area contributed by atoms with E-state index in [1.807, 2.05) is 6.07 Å². The van der Waals surface area contributed by atoms with Gasteiger partial charge in [0.1, 0.15) is 11.6 Å². The van der Waals surface area contributed by atoms with Gasteiger partial charge in [0.25, 0.3) is 5.91 Å². The van der Waals surface area contributed by atoms with Crippen LogP contribution in [0.25, 0.3) is 0 Å². The number of nitrogens with one attached hydrogen (secondary N) is 2. The predicted molar refractivity (Wildman–Crippen MR) is 72.9 cm³/mol. The second-order valence-corrected chi connectivity index (χ2v) is 4.12. The molecule has 1 amide bonds. The van der Waals surface area contributed by atoms with E-state index in [2.05, 4.69) is 22.5 Å². The third-order valence-electron chi connectivity index (χ3n) is 2.58. The Morgan fingerprint density at radius 2 is 2.32 bits per heavy atom. The predicted octanol–water partition coefficient (Wildman–Crippen LogP) is 2.43. The zero-order valence-corrected chi connectivity index (χ0v) is 10.8. The monoisotopic (exact) mass is 259 g/mol. The molecule has 0 bridgehead atoms. The van der Waals surface area contributed by atoms with Crippen LogP contribution in [0.4, 0.5) is 5.82 Å². The van der Waals surface area contributed by atoms with Crippen molar-refractivity contribution in [2.75, 3.05) is 11.9 Å². The lowest BCUT2D eigenvalue weighted by molar-refractivity contribution is 0.0948. The Labute approximate surface area is 112 Å². The van der Waals surface area contributed by atoms with Crippen LogP contribution in [0, 0.1) is 0 Å². The molecule has 0 unspecified atom stereocenters. The van der Waals surface area contributed by atoms with Gasteiger partial charge in [0.15, 0.2) is 0 Å². The van der Waals surface area contributed by atoms with Crippen molar-refractivity contribution in [2.45, 2.75) is 19.9 Å². The van der Waals surface area contributed by atoms with E-state index in [1.165, 1.54) is 0 Å². The summed E-state index contributed by atoms with van der Waals surface area (Å²) in [5, 5.41) is 5.95. The molecule has 0 aromatic carbocycles. The standard InChI is InChI=1S/C14H17N3O2/c1-2-6-15-13-9-11(5-7-16-13)14(18)17-10-12-4-3-8-19-12/h3-5,7-9H,2,6,10H2,1H3,(H,15,16)(H,17,18). The first kappa shape index (κ1) is 13.1. The lowest BCUT2D eigenvalue weighted by Gasteiger charge is -2.06. The molecule has 19 heavy (non-hydrogen) atoms. The molecule has 2 heterocycles. The van der Waals surface area contributed by atoms with Crippen LogP contribution in [-0.4, -0.2) is 17.4 Å². The molecule has 100 valence electrons. The summed E-state index contributed by atoms with van der Waals surface area (Å²) in [6.07, 6.45) is 4.22. The fraction of sp³-hybridized carbons (Fsp3) is 0.286. The number of nitrogens with zero attached hydrogens (tertiary/aromatic N) is 1. The number of anilines is 1. The van der Waals surface area contributed by atoms with Crippen LogP contribution < -0.4 is 10.6 Å². The van der Waals surface area contributed by atoms with Crippen molar-refractivity contribution in [3.8, 4) is 0 Å². The molecule has 0 aliphatic rings. The maximum absolute atomic E-state index is 12.0. The molecule has 5 nitrogen and oxygen atoms in total. The second kappa shape index (κ2) is 6.58. The van der Waals surface area contributed by atoms with Crippen molar-refractivity contribution in [1.29, 1.82) is 0 Å². The Morgan fingerprint density at radius 1 is 1.42 bits per heavy atom. The van der Waals surface area contributed by atoms with E-state index in [0.717, 1.165) is 18.7 Å². The summed E-state index contributed by atoms with van der Waals surface area (Å²) in [6, 6.07) is 7.05. The highest BCUT2D eigenvalue weighted by atomic mass is 16.3. The first-order valence-corrected chi connectivity index (χ1v) is 6.30. The summed E-state index contributed by atoms with van der Waals surface area (Å²) in [5.74, 6) is 1.30. The molecule has 2 rings (SSSR count). The molecule has 0 atom stereocenters. The van der Waals surface area contributed by atoms with Gasteiger partial charge in [0, 0.05) is 18.3 Å². The molecule has 0 radical (unpaired) electrons. The third-order valence-corrected chi connectivity index (χ3v) is 2.58. The number of aromatic nitrogens is 1. The molecular formula is C14H17N3O2. The van der Waals surface area contributed by atoms with Gasteiger partial charge in [-0.1, -0.05) is 6.92 Å². The normalized spacial score (nSPS) is 10.2. The van der Waals surface area contributed by atoms with E-state index in [9.17, 15) is 4.79 Å². The summed E-state index contributed by atoms with van der Waals surface area (Å²) in [4.78, 5) is 16.1. The first-order valence-electron chi connectivity index (χ1n) is 6.30. The number of carbonyl (C=O) groups is 1. The summed E-state index contributed by atoms with van der Waals surface area (Å²) < 4.78 is 5.16. The van der Waals surface area contributed by atoms with E-state index in [4.69, 9.17) is 4.42 Å². The SMILES string of the molecule is CCCNc1cc(C(=O)NCc2ccco2)ccn1. The van der Waals surface area contributed by atoms with Crippen molar-refractivity contribution >= 4 is 11.7 Å². The van der Waals surface area contributed by atoms with Crippen LogP contribution in [0.1, 0.15) is 29.5 Å². The molecule has 0 fully saturated rings. The van der Waals surface area contributed by atoms with Crippen LogP contribution in [0.5, 0.6) is 0 Å².